The Balaban J connectivity index is 2.06. The SMILES string of the molecule is COc1cccc(Oc2cc(CNC(C)(C)C)ccn2)c1. The lowest BCUT2D eigenvalue weighted by molar-refractivity contribution is 0.406. The summed E-state index contributed by atoms with van der Waals surface area (Å²) in [5.41, 5.74) is 1.22. The summed E-state index contributed by atoms with van der Waals surface area (Å²) in [6, 6.07) is 11.4. The minimum absolute atomic E-state index is 0.0804. The predicted molar refractivity (Wildman–Crippen MR) is 83.9 cm³/mol. The largest absolute Gasteiger partial charge is 0.497 e. The number of nitrogens with zero attached hydrogens (tertiary/aromatic N) is 1. The molecule has 2 aromatic rings. The molecule has 112 valence electrons. The number of methoxy groups -OCH3 is 1. The Hall–Kier alpha value is -2.07. The molecule has 0 aliphatic carbocycles. The number of hydrogen-bond donors (Lipinski definition) is 1. The number of hydrogen-bond acceptors (Lipinski definition) is 4. The molecule has 2 rings (SSSR count). The molecule has 4 nitrogen and oxygen atoms in total. The minimum atomic E-state index is 0.0804. The van der Waals surface area contributed by atoms with Crippen LogP contribution in [0.1, 0.15) is 26.3 Å². The Morgan fingerprint density at radius 3 is 2.57 bits per heavy atom. The van der Waals surface area contributed by atoms with Crippen LogP contribution in [0.25, 0.3) is 0 Å². The Morgan fingerprint density at radius 2 is 1.86 bits per heavy atom. The van der Waals surface area contributed by atoms with Gasteiger partial charge in [0.2, 0.25) is 5.88 Å². The van der Waals surface area contributed by atoms with Crippen molar-refractivity contribution in [2.45, 2.75) is 32.9 Å². The van der Waals surface area contributed by atoms with Crippen LogP contribution in [0, 0.1) is 0 Å². The first-order valence-corrected chi connectivity index (χ1v) is 6.98. The number of pyridine rings is 1. The van der Waals surface area contributed by atoms with Gasteiger partial charge in [-0.15, -0.1) is 0 Å². The molecule has 0 saturated heterocycles. The minimum Gasteiger partial charge on any atom is -0.497 e. The highest BCUT2D eigenvalue weighted by atomic mass is 16.5. The predicted octanol–water partition coefficient (Wildman–Crippen LogP) is 3.77. The molecule has 1 aromatic carbocycles. The normalized spacial score (nSPS) is 11.2. The van der Waals surface area contributed by atoms with Crippen LogP contribution < -0.4 is 14.8 Å². The van der Waals surface area contributed by atoms with Gasteiger partial charge in [-0.1, -0.05) is 6.07 Å². The molecule has 0 saturated carbocycles. The van der Waals surface area contributed by atoms with Gasteiger partial charge in [-0.3, -0.25) is 0 Å². The standard InChI is InChI=1S/C17H22N2O2/c1-17(2,3)19-12-13-8-9-18-16(10-13)21-15-7-5-6-14(11-15)20-4/h5-11,19H,12H2,1-4H3. The summed E-state index contributed by atoms with van der Waals surface area (Å²) in [4.78, 5) is 4.24. The van der Waals surface area contributed by atoms with Crippen LogP contribution in [0.4, 0.5) is 0 Å². The van der Waals surface area contributed by atoms with Gasteiger partial charge in [-0.05, 0) is 44.5 Å². The highest BCUT2D eigenvalue weighted by Crippen LogP contribution is 2.24. The van der Waals surface area contributed by atoms with Crippen molar-refractivity contribution in [1.29, 1.82) is 0 Å². The van der Waals surface area contributed by atoms with Crippen molar-refractivity contribution in [2.75, 3.05) is 7.11 Å². The maximum atomic E-state index is 5.77. The van der Waals surface area contributed by atoms with Crippen molar-refractivity contribution < 1.29 is 9.47 Å². The average molecular weight is 286 g/mol. The van der Waals surface area contributed by atoms with Gasteiger partial charge >= 0.3 is 0 Å². The second-order valence-electron chi connectivity index (χ2n) is 5.89. The van der Waals surface area contributed by atoms with Gasteiger partial charge in [0.25, 0.3) is 0 Å². The molecule has 4 heteroatoms. The van der Waals surface area contributed by atoms with Crippen LogP contribution in [-0.4, -0.2) is 17.6 Å². The molecule has 0 aliphatic heterocycles. The summed E-state index contributed by atoms with van der Waals surface area (Å²) >= 11 is 0. The molecule has 0 atom stereocenters. The van der Waals surface area contributed by atoms with E-state index in [1.807, 2.05) is 36.4 Å². The fraction of sp³-hybridized carbons (Fsp3) is 0.353. The maximum absolute atomic E-state index is 5.77. The zero-order valence-electron chi connectivity index (χ0n) is 13.0. The second kappa shape index (κ2) is 6.59. The van der Waals surface area contributed by atoms with E-state index in [2.05, 4.69) is 31.1 Å². The molecule has 0 aliphatic rings. The third kappa shape index (κ3) is 5.08. The first kappa shape index (κ1) is 15.3. The Kier molecular flexibility index (Phi) is 4.81. The number of rotatable bonds is 5. The van der Waals surface area contributed by atoms with Gasteiger partial charge in [0.1, 0.15) is 11.5 Å². The van der Waals surface area contributed by atoms with E-state index in [-0.39, 0.29) is 5.54 Å². The van der Waals surface area contributed by atoms with Gasteiger partial charge in [0.05, 0.1) is 7.11 Å². The Bertz CT molecular complexity index is 591. The summed E-state index contributed by atoms with van der Waals surface area (Å²) in [5.74, 6) is 2.05. The van der Waals surface area contributed by atoms with Crippen LogP contribution in [0.3, 0.4) is 0 Å². The van der Waals surface area contributed by atoms with Crippen LogP contribution in [0.2, 0.25) is 0 Å². The summed E-state index contributed by atoms with van der Waals surface area (Å²) < 4.78 is 11.0. The molecule has 0 amide bonds. The lowest BCUT2D eigenvalue weighted by Gasteiger charge is -2.20. The van der Waals surface area contributed by atoms with Gasteiger partial charge < -0.3 is 14.8 Å². The van der Waals surface area contributed by atoms with Gasteiger partial charge in [-0.25, -0.2) is 4.98 Å². The molecular weight excluding hydrogens is 264 g/mol. The summed E-state index contributed by atoms with van der Waals surface area (Å²) in [7, 11) is 1.64. The van der Waals surface area contributed by atoms with Crippen molar-refractivity contribution in [3.63, 3.8) is 0 Å². The monoisotopic (exact) mass is 286 g/mol. The van der Waals surface area contributed by atoms with Crippen molar-refractivity contribution in [1.82, 2.24) is 10.3 Å². The zero-order valence-corrected chi connectivity index (χ0v) is 13.0. The van der Waals surface area contributed by atoms with E-state index < -0.39 is 0 Å². The molecule has 0 bridgehead atoms. The topological polar surface area (TPSA) is 43.4 Å². The van der Waals surface area contributed by atoms with Crippen molar-refractivity contribution >= 4 is 0 Å². The molecule has 1 heterocycles. The zero-order chi connectivity index (χ0) is 15.3. The lowest BCUT2D eigenvalue weighted by Crippen LogP contribution is -2.35. The van der Waals surface area contributed by atoms with E-state index in [4.69, 9.17) is 9.47 Å². The molecular formula is C17H22N2O2. The molecule has 0 spiro atoms. The molecule has 0 fully saturated rings. The van der Waals surface area contributed by atoms with Crippen LogP contribution in [0.15, 0.2) is 42.6 Å². The molecule has 1 N–H and O–H groups in total. The quantitative estimate of drug-likeness (QED) is 0.908. The van der Waals surface area contributed by atoms with Crippen LogP contribution in [-0.2, 0) is 6.54 Å². The molecule has 1 aromatic heterocycles. The Labute approximate surface area is 126 Å². The highest BCUT2D eigenvalue weighted by molar-refractivity contribution is 5.35. The molecule has 0 radical (unpaired) electrons. The first-order chi connectivity index (χ1) is 9.96. The average Bonchev–Trinajstić information content (AvgIpc) is 2.45. The van der Waals surface area contributed by atoms with E-state index in [0.29, 0.717) is 11.6 Å². The molecule has 0 unspecified atom stereocenters. The van der Waals surface area contributed by atoms with E-state index in [1.165, 1.54) is 0 Å². The first-order valence-electron chi connectivity index (χ1n) is 6.98. The lowest BCUT2D eigenvalue weighted by atomic mass is 10.1. The third-order valence-electron chi connectivity index (χ3n) is 2.89. The summed E-state index contributed by atoms with van der Waals surface area (Å²) in [6.45, 7) is 7.20. The second-order valence-corrected chi connectivity index (χ2v) is 5.89. The van der Waals surface area contributed by atoms with Gasteiger partial charge in [0, 0.05) is 30.4 Å². The smallest absolute Gasteiger partial charge is 0.219 e. The summed E-state index contributed by atoms with van der Waals surface area (Å²) in [6.07, 6.45) is 1.76. The van der Waals surface area contributed by atoms with Crippen LogP contribution in [0.5, 0.6) is 17.4 Å². The fourth-order valence-electron chi connectivity index (χ4n) is 1.77. The van der Waals surface area contributed by atoms with E-state index >= 15 is 0 Å². The van der Waals surface area contributed by atoms with Crippen molar-refractivity contribution in [3.8, 4) is 17.4 Å². The van der Waals surface area contributed by atoms with Gasteiger partial charge in [0.15, 0.2) is 0 Å². The number of ether oxygens (including phenoxy) is 2. The van der Waals surface area contributed by atoms with E-state index in [1.54, 1.807) is 13.3 Å². The number of nitrogens with one attached hydrogen (secondary N) is 1. The van der Waals surface area contributed by atoms with Crippen molar-refractivity contribution in [3.05, 3.63) is 48.2 Å². The highest BCUT2D eigenvalue weighted by Gasteiger charge is 2.09. The van der Waals surface area contributed by atoms with E-state index in [9.17, 15) is 0 Å². The third-order valence-corrected chi connectivity index (χ3v) is 2.89. The van der Waals surface area contributed by atoms with Crippen LogP contribution >= 0.6 is 0 Å². The Morgan fingerprint density at radius 1 is 1.10 bits per heavy atom. The van der Waals surface area contributed by atoms with E-state index in [0.717, 1.165) is 17.9 Å². The summed E-state index contributed by atoms with van der Waals surface area (Å²) in [5, 5.41) is 3.44. The number of aromatic nitrogens is 1. The fourth-order valence-corrected chi connectivity index (χ4v) is 1.77. The maximum Gasteiger partial charge on any atom is 0.219 e. The van der Waals surface area contributed by atoms with Gasteiger partial charge in [-0.2, -0.15) is 0 Å². The van der Waals surface area contributed by atoms with Crippen molar-refractivity contribution in [2.24, 2.45) is 0 Å². The number of benzene rings is 1. The molecule has 21 heavy (non-hydrogen) atoms.